The molecule has 0 spiro atoms. The highest BCUT2D eigenvalue weighted by atomic mass is 16.2. The van der Waals surface area contributed by atoms with E-state index in [2.05, 4.69) is 22.7 Å². The number of pyridine rings is 1. The third-order valence-corrected chi connectivity index (χ3v) is 5.95. The summed E-state index contributed by atoms with van der Waals surface area (Å²) < 4.78 is 0. The molecule has 31 heavy (non-hydrogen) atoms. The van der Waals surface area contributed by atoms with E-state index in [0.717, 1.165) is 44.1 Å². The van der Waals surface area contributed by atoms with E-state index < -0.39 is 0 Å². The Bertz CT molecular complexity index is 807. The molecule has 0 aliphatic heterocycles. The minimum atomic E-state index is -0.374. The van der Waals surface area contributed by atoms with Gasteiger partial charge in [0.05, 0.1) is 0 Å². The SMILES string of the molecule is CCCCN(NC(=O)c1ccncc1)[C@@H](C(=O)NCc1ccccc1)C1CCCCC1. The van der Waals surface area contributed by atoms with Crippen LogP contribution in [0.5, 0.6) is 0 Å². The number of amides is 2. The Morgan fingerprint density at radius 1 is 1.06 bits per heavy atom. The summed E-state index contributed by atoms with van der Waals surface area (Å²) in [5.41, 5.74) is 4.66. The molecule has 2 aromatic rings. The number of hydrogen-bond acceptors (Lipinski definition) is 4. The molecule has 1 atom stereocenters. The van der Waals surface area contributed by atoms with Gasteiger partial charge in [-0.15, -0.1) is 0 Å². The van der Waals surface area contributed by atoms with E-state index in [0.29, 0.717) is 18.7 Å². The Hall–Kier alpha value is -2.73. The molecule has 1 aliphatic rings. The van der Waals surface area contributed by atoms with Crippen LogP contribution in [-0.4, -0.2) is 34.4 Å². The lowest BCUT2D eigenvalue weighted by molar-refractivity contribution is -0.130. The van der Waals surface area contributed by atoms with E-state index in [9.17, 15) is 9.59 Å². The zero-order chi connectivity index (χ0) is 21.9. The predicted octanol–water partition coefficient (Wildman–Crippen LogP) is 4.09. The molecule has 3 rings (SSSR count). The van der Waals surface area contributed by atoms with Gasteiger partial charge in [-0.1, -0.05) is 62.9 Å². The number of benzene rings is 1. The first-order chi connectivity index (χ1) is 15.2. The van der Waals surface area contributed by atoms with Crippen LogP contribution in [0.2, 0.25) is 0 Å². The molecule has 1 aromatic heterocycles. The fraction of sp³-hybridized carbons (Fsp3) is 0.480. The lowest BCUT2D eigenvalue weighted by atomic mass is 9.83. The molecule has 166 valence electrons. The van der Waals surface area contributed by atoms with Crippen molar-refractivity contribution in [2.75, 3.05) is 6.54 Å². The fourth-order valence-electron chi connectivity index (χ4n) is 4.24. The van der Waals surface area contributed by atoms with Gasteiger partial charge in [-0.2, -0.15) is 0 Å². The van der Waals surface area contributed by atoms with Crippen LogP contribution < -0.4 is 10.7 Å². The molecule has 1 aliphatic carbocycles. The summed E-state index contributed by atoms with van der Waals surface area (Å²) in [6.07, 6.45) is 10.6. The van der Waals surface area contributed by atoms with Crippen molar-refractivity contribution in [2.24, 2.45) is 5.92 Å². The van der Waals surface area contributed by atoms with Crippen molar-refractivity contribution in [1.29, 1.82) is 0 Å². The molecule has 0 radical (unpaired) electrons. The average molecular weight is 423 g/mol. The van der Waals surface area contributed by atoms with Gasteiger partial charge in [0.2, 0.25) is 5.91 Å². The molecule has 0 saturated heterocycles. The van der Waals surface area contributed by atoms with Crippen LogP contribution in [0.1, 0.15) is 67.8 Å². The topological polar surface area (TPSA) is 74.3 Å². The van der Waals surface area contributed by atoms with Crippen molar-refractivity contribution in [2.45, 2.75) is 64.5 Å². The number of aromatic nitrogens is 1. The van der Waals surface area contributed by atoms with Crippen molar-refractivity contribution in [3.8, 4) is 0 Å². The highest BCUT2D eigenvalue weighted by molar-refractivity contribution is 5.94. The smallest absolute Gasteiger partial charge is 0.265 e. The first-order valence-electron chi connectivity index (χ1n) is 11.5. The second-order valence-electron chi connectivity index (χ2n) is 8.27. The summed E-state index contributed by atoms with van der Waals surface area (Å²) in [5, 5.41) is 5.02. The number of hydrogen-bond donors (Lipinski definition) is 2. The van der Waals surface area contributed by atoms with Crippen molar-refractivity contribution in [1.82, 2.24) is 20.7 Å². The van der Waals surface area contributed by atoms with Crippen molar-refractivity contribution < 1.29 is 9.59 Å². The molecule has 0 bridgehead atoms. The van der Waals surface area contributed by atoms with Crippen LogP contribution >= 0.6 is 0 Å². The Balaban J connectivity index is 1.78. The number of carbonyl (C=O) groups excluding carboxylic acids is 2. The number of nitrogens with zero attached hydrogens (tertiary/aromatic N) is 2. The number of carbonyl (C=O) groups is 2. The quantitative estimate of drug-likeness (QED) is 0.566. The fourth-order valence-corrected chi connectivity index (χ4v) is 4.24. The largest absolute Gasteiger partial charge is 0.351 e. The maximum atomic E-state index is 13.4. The standard InChI is InChI=1S/C25H34N4O2/c1-2-3-18-29(28-24(30)22-14-16-26-17-15-22)23(21-12-8-5-9-13-21)25(31)27-19-20-10-6-4-7-11-20/h4,6-7,10-11,14-17,21,23H,2-3,5,8-9,12-13,18-19H2,1H3,(H,27,31)(H,28,30)/t23-/m1/s1. The Morgan fingerprint density at radius 2 is 1.77 bits per heavy atom. The third-order valence-electron chi connectivity index (χ3n) is 5.95. The maximum absolute atomic E-state index is 13.4. The molecule has 2 N–H and O–H groups in total. The molecule has 1 heterocycles. The van der Waals surface area contributed by atoms with Gasteiger partial charge in [0.1, 0.15) is 6.04 Å². The highest BCUT2D eigenvalue weighted by Crippen LogP contribution is 2.29. The van der Waals surface area contributed by atoms with Gasteiger partial charge in [-0.3, -0.25) is 20.0 Å². The van der Waals surface area contributed by atoms with Crippen LogP contribution in [0.15, 0.2) is 54.9 Å². The van der Waals surface area contributed by atoms with Gasteiger partial charge in [0.25, 0.3) is 5.91 Å². The van der Waals surface area contributed by atoms with Gasteiger partial charge in [-0.25, -0.2) is 5.01 Å². The van der Waals surface area contributed by atoms with Crippen molar-refractivity contribution in [3.05, 3.63) is 66.0 Å². The lowest BCUT2D eigenvalue weighted by Crippen LogP contribution is -2.58. The van der Waals surface area contributed by atoms with Gasteiger partial charge >= 0.3 is 0 Å². The van der Waals surface area contributed by atoms with Gasteiger partial charge in [0.15, 0.2) is 0 Å². The van der Waals surface area contributed by atoms with E-state index in [-0.39, 0.29) is 23.8 Å². The van der Waals surface area contributed by atoms with Gasteiger partial charge < -0.3 is 5.32 Å². The van der Waals surface area contributed by atoms with Crippen LogP contribution in [0.25, 0.3) is 0 Å². The Labute approximate surface area is 185 Å². The zero-order valence-electron chi connectivity index (χ0n) is 18.4. The van der Waals surface area contributed by atoms with Crippen LogP contribution in [-0.2, 0) is 11.3 Å². The van der Waals surface area contributed by atoms with Crippen molar-refractivity contribution >= 4 is 11.8 Å². The summed E-state index contributed by atoms with van der Waals surface area (Å²) in [7, 11) is 0. The summed E-state index contributed by atoms with van der Waals surface area (Å²) >= 11 is 0. The molecule has 6 nitrogen and oxygen atoms in total. The lowest BCUT2D eigenvalue weighted by Gasteiger charge is -2.37. The number of nitrogens with one attached hydrogen (secondary N) is 2. The molecule has 1 aromatic carbocycles. The van der Waals surface area contributed by atoms with Gasteiger partial charge in [-0.05, 0) is 42.9 Å². The molecular weight excluding hydrogens is 388 g/mol. The third kappa shape index (κ3) is 6.89. The monoisotopic (exact) mass is 422 g/mol. The minimum Gasteiger partial charge on any atom is -0.351 e. The summed E-state index contributed by atoms with van der Waals surface area (Å²) in [4.78, 5) is 30.3. The summed E-state index contributed by atoms with van der Waals surface area (Å²) in [6.45, 7) is 3.25. The normalized spacial score (nSPS) is 15.4. The molecule has 2 amide bonds. The molecular formula is C25H34N4O2. The van der Waals surface area contributed by atoms with E-state index in [4.69, 9.17) is 0 Å². The maximum Gasteiger partial charge on any atom is 0.265 e. The first-order valence-corrected chi connectivity index (χ1v) is 11.5. The molecule has 1 saturated carbocycles. The second kappa shape index (κ2) is 12.2. The Kier molecular flexibility index (Phi) is 9.03. The number of rotatable bonds is 10. The van der Waals surface area contributed by atoms with Gasteiger partial charge in [0, 0.05) is 31.0 Å². The summed E-state index contributed by atoms with van der Waals surface area (Å²) in [6, 6.07) is 13.0. The number of hydrazine groups is 1. The minimum absolute atomic E-state index is 0.0121. The Morgan fingerprint density at radius 3 is 2.45 bits per heavy atom. The molecule has 6 heteroatoms. The highest BCUT2D eigenvalue weighted by Gasteiger charge is 2.35. The first kappa shape index (κ1) is 22.9. The molecule has 0 unspecified atom stereocenters. The zero-order valence-corrected chi connectivity index (χ0v) is 18.4. The summed E-state index contributed by atoms with van der Waals surface area (Å²) in [5.74, 6) is 0.0242. The van der Waals surface area contributed by atoms with Crippen LogP contribution in [0, 0.1) is 5.92 Å². The van der Waals surface area contributed by atoms with E-state index in [1.807, 2.05) is 35.3 Å². The van der Waals surface area contributed by atoms with E-state index >= 15 is 0 Å². The number of unbranched alkanes of at least 4 members (excludes halogenated alkanes) is 1. The average Bonchev–Trinajstić information content (AvgIpc) is 2.83. The molecule has 1 fully saturated rings. The van der Waals surface area contributed by atoms with Crippen molar-refractivity contribution in [3.63, 3.8) is 0 Å². The second-order valence-corrected chi connectivity index (χ2v) is 8.27. The van der Waals surface area contributed by atoms with Crippen LogP contribution in [0.4, 0.5) is 0 Å². The van der Waals surface area contributed by atoms with E-state index in [1.165, 1.54) is 6.42 Å². The van der Waals surface area contributed by atoms with Crippen LogP contribution in [0.3, 0.4) is 0 Å². The predicted molar refractivity (Wildman–Crippen MR) is 122 cm³/mol. The van der Waals surface area contributed by atoms with E-state index in [1.54, 1.807) is 24.5 Å².